The number of hydrogen-bond acceptors (Lipinski definition) is 4. The molecule has 0 aliphatic carbocycles. The van der Waals surface area contributed by atoms with Crippen LogP contribution in [-0.4, -0.2) is 68.6 Å². The summed E-state index contributed by atoms with van der Waals surface area (Å²) in [5.74, 6) is 1.07. The van der Waals surface area contributed by atoms with Crippen molar-refractivity contribution in [3.05, 3.63) is 42.5 Å². The average molecular weight is 364 g/mol. The van der Waals surface area contributed by atoms with Crippen LogP contribution in [0.25, 0.3) is 10.8 Å². The number of carbonyl (C=O) groups is 1. The Kier molecular flexibility index (Phi) is 7.50. The number of carbonyl (C=O) groups excluding carboxylic acids is 1. The van der Waals surface area contributed by atoms with E-state index in [1.54, 1.807) is 0 Å². The summed E-state index contributed by atoms with van der Waals surface area (Å²) in [4.78, 5) is 16.2. The number of hydrogen-bond donors (Lipinski definition) is 1. The number of amides is 1. The minimum absolute atomic E-state index is 0. The van der Waals surface area contributed by atoms with Crippen LogP contribution in [-0.2, 0) is 4.79 Å². The van der Waals surface area contributed by atoms with E-state index in [4.69, 9.17) is 4.74 Å². The fourth-order valence-electron chi connectivity index (χ4n) is 2.90. The Balaban J connectivity index is 0.00000225. The van der Waals surface area contributed by atoms with E-state index in [-0.39, 0.29) is 18.3 Å². The lowest BCUT2D eigenvalue weighted by Crippen LogP contribution is -2.49. The van der Waals surface area contributed by atoms with Gasteiger partial charge in [0.1, 0.15) is 12.4 Å². The number of nitrogens with one attached hydrogen (secondary N) is 1. The van der Waals surface area contributed by atoms with Crippen LogP contribution in [0.2, 0.25) is 0 Å². The minimum atomic E-state index is 0. The van der Waals surface area contributed by atoms with Gasteiger partial charge >= 0.3 is 0 Å². The molecule has 5 nitrogen and oxygen atoms in total. The van der Waals surface area contributed by atoms with Crippen molar-refractivity contribution in [2.24, 2.45) is 0 Å². The second-order valence-electron chi connectivity index (χ2n) is 6.23. The molecule has 0 radical (unpaired) electrons. The van der Waals surface area contributed by atoms with Crippen LogP contribution < -0.4 is 10.1 Å². The van der Waals surface area contributed by atoms with Gasteiger partial charge in [-0.15, -0.1) is 12.4 Å². The van der Waals surface area contributed by atoms with E-state index in [1.165, 1.54) is 10.8 Å². The SMILES string of the molecule is CN(CCOc1ccc2ccccc2c1)CC(=O)N1CCNCC1.Cl. The summed E-state index contributed by atoms with van der Waals surface area (Å²) in [6, 6.07) is 14.4. The number of ether oxygens (including phenoxy) is 1. The highest BCUT2D eigenvalue weighted by Gasteiger charge is 2.17. The van der Waals surface area contributed by atoms with Gasteiger partial charge in [0, 0.05) is 32.7 Å². The van der Waals surface area contributed by atoms with Crippen LogP contribution in [0.5, 0.6) is 5.75 Å². The quantitative estimate of drug-likeness (QED) is 0.852. The first-order chi connectivity index (χ1) is 11.7. The molecule has 2 aromatic carbocycles. The monoisotopic (exact) mass is 363 g/mol. The van der Waals surface area contributed by atoms with Crippen LogP contribution in [0.15, 0.2) is 42.5 Å². The zero-order valence-electron chi connectivity index (χ0n) is 14.6. The molecule has 1 N–H and O–H groups in total. The zero-order valence-corrected chi connectivity index (χ0v) is 15.4. The Labute approximate surface area is 155 Å². The van der Waals surface area contributed by atoms with Gasteiger partial charge in [0.25, 0.3) is 0 Å². The molecule has 6 heteroatoms. The number of benzene rings is 2. The molecular weight excluding hydrogens is 338 g/mol. The van der Waals surface area contributed by atoms with E-state index >= 15 is 0 Å². The zero-order chi connectivity index (χ0) is 16.8. The van der Waals surface area contributed by atoms with Gasteiger partial charge in [-0.25, -0.2) is 0 Å². The maximum Gasteiger partial charge on any atom is 0.236 e. The number of piperazine rings is 1. The Morgan fingerprint density at radius 2 is 1.88 bits per heavy atom. The predicted molar refractivity (Wildman–Crippen MR) is 104 cm³/mol. The van der Waals surface area contributed by atoms with Gasteiger partial charge in [0.15, 0.2) is 0 Å². The highest BCUT2D eigenvalue weighted by Crippen LogP contribution is 2.20. The Morgan fingerprint density at radius 1 is 1.16 bits per heavy atom. The number of halogens is 1. The normalized spacial score (nSPS) is 14.4. The van der Waals surface area contributed by atoms with Gasteiger partial charge < -0.3 is 15.0 Å². The lowest BCUT2D eigenvalue weighted by Gasteiger charge is -2.29. The number of fused-ring (bicyclic) bond motifs is 1. The molecule has 25 heavy (non-hydrogen) atoms. The topological polar surface area (TPSA) is 44.8 Å². The lowest BCUT2D eigenvalue weighted by atomic mass is 10.1. The van der Waals surface area contributed by atoms with Gasteiger partial charge in [0.2, 0.25) is 5.91 Å². The van der Waals surface area contributed by atoms with E-state index in [0.29, 0.717) is 13.2 Å². The molecule has 1 aliphatic rings. The summed E-state index contributed by atoms with van der Waals surface area (Å²) in [6.07, 6.45) is 0. The van der Waals surface area contributed by atoms with Gasteiger partial charge in [-0.1, -0.05) is 30.3 Å². The van der Waals surface area contributed by atoms with Crippen molar-refractivity contribution in [1.82, 2.24) is 15.1 Å². The highest BCUT2D eigenvalue weighted by molar-refractivity contribution is 5.85. The maximum atomic E-state index is 12.2. The standard InChI is InChI=1S/C19H25N3O2.ClH/c1-21(15-19(23)22-10-8-20-9-11-22)12-13-24-18-7-6-16-4-2-3-5-17(16)14-18;/h2-7,14,20H,8-13,15H2,1H3;1H. The van der Waals surface area contributed by atoms with Crippen LogP contribution in [0.4, 0.5) is 0 Å². The van der Waals surface area contributed by atoms with Crippen molar-refractivity contribution >= 4 is 29.1 Å². The predicted octanol–water partition coefficient (Wildman–Crippen LogP) is 2.00. The van der Waals surface area contributed by atoms with Crippen LogP contribution in [0.1, 0.15) is 0 Å². The third-order valence-electron chi connectivity index (χ3n) is 4.34. The second kappa shape index (κ2) is 9.61. The van der Waals surface area contributed by atoms with Crippen molar-refractivity contribution in [2.45, 2.75) is 0 Å². The Bertz CT molecular complexity index is 689. The summed E-state index contributed by atoms with van der Waals surface area (Å²) in [7, 11) is 1.96. The molecule has 0 aromatic heterocycles. The van der Waals surface area contributed by atoms with Gasteiger partial charge in [0.05, 0.1) is 6.54 Å². The molecular formula is C19H26ClN3O2. The molecule has 136 valence electrons. The van der Waals surface area contributed by atoms with Crippen molar-refractivity contribution in [1.29, 1.82) is 0 Å². The molecule has 0 bridgehead atoms. The summed E-state index contributed by atoms with van der Waals surface area (Å²) in [5.41, 5.74) is 0. The molecule has 1 fully saturated rings. The van der Waals surface area contributed by atoms with Crippen LogP contribution in [0.3, 0.4) is 0 Å². The molecule has 1 amide bonds. The third kappa shape index (κ3) is 5.59. The van der Waals surface area contributed by atoms with E-state index in [0.717, 1.165) is 38.5 Å². The van der Waals surface area contributed by atoms with E-state index in [2.05, 4.69) is 29.6 Å². The van der Waals surface area contributed by atoms with Crippen molar-refractivity contribution in [2.75, 3.05) is 52.9 Å². The largest absolute Gasteiger partial charge is 0.492 e. The first kappa shape index (κ1) is 19.5. The molecule has 0 atom stereocenters. The van der Waals surface area contributed by atoms with E-state index in [9.17, 15) is 4.79 Å². The average Bonchev–Trinajstić information content (AvgIpc) is 2.62. The molecule has 1 heterocycles. The molecule has 1 saturated heterocycles. The maximum absolute atomic E-state index is 12.2. The Morgan fingerprint density at radius 3 is 2.64 bits per heavy atom. The van der Waals surface area contributed by atoms with Gasteiger partial charge in [-0.05, 0) is 30.0 Å². The third-order valence-corrected chi connectivity index (χ3v) is 4.34. The Hall–Kier alpha value is -1.82. The van der Waals surface area contributed by atoms with Crippen molar-refractivity contribution in [3.8, 4) is 5.75 Å². The highest BCUT2D eigenvalue weighted by atomic mass is 35.5. The molecule has 0 spiro atoms. The van der Waals surface area contributed by atoms with Crippen molar-refractivity contribution < 1.29 is 9.53 Å². The molecule has 3 rings (SSSR count). The van der Waals surface area contributed by atoms with Gasteiger partial charge in [-0.2, -0.15) is 0 Å². The first-order valence-corrected chi connectivity index (χ1v) is 8.51. The van der Waals surface area contributed by atoms with Crippen molar-refractivity contribution in [3.63, 3.8) is 0 Å². The van der Waals surface area contributed by atoms with Gasteiger partial charge in [-0.3, -0.25) is 9.69 Å². The van der Waals surface area contributed by atoms with E-state index in [1.807, 2.05) is 35.0 Å². The number of likely N-dealkylation sites (N-methyl/N-ethyl adjacent to an activating group) is 1. The lowest BCUT2D eigenvalue weighted by molar-refractivity contribution is -0.132. The van der Waals surface area contributed by atoms with E-state index < -0.39 is 0 Å². The summed E-state index contributed by atoms with van der Waals surface area (Å²) >= 11 is 0. The summed E-state index contributed by atoms with van der Waals surface area (Å²) < 4.78 is 5.84. The molecule has 0 saturated carbocycles. The van der Waals surface area contributed by atoms with Crippen LogP contribution in [0, 0.1) is 0 Å². The molecule has 1 aliphatic heterocycles. The van der Waals surface area contributed by atoms with Crippen LogP contribution >= 0.6 is 12.4 Å². The molecule has 2 aromatic rings. The smallest absolute Gasteiger partial charge is 0.236 e. The number of nitrogens with zero attached hydrogens (tertiary/aromatic N) is 2. The first-order valence-electron chi connectivity index (χ1n) is 8.51. The minimum Gasteiger partial charge on any atom is -0.492 e. The number of rotatable bonds is 6. The summed E-state index contributed by atoms with van der Waals surface area (Å²) in [6.45, 7) is 5.14. The fraction of sp³-hybridized carbons (Fsp3) is 0.421. The second-order valence-corrected chi connectivity index (χ2v) is 6.23. The molecule has 0 unspecified atom stereocenters. The fourth-order valence-corrected chi connectivity index (χ4v) is 2.90. The summed E-state index contributed by atoms with van der Waals surface area (Å²) in [5, 5.41) is 5.65.